The number of rotatable bonds is 6. The van der Waals surface area contributed by atoms with Gasteiger partial charge in [-0.15, -0.1) is 11.8 Å². The third-order valence-electron chi connectivity index (χ3n) is 4.55. The third-order valence-corrected chi connectivity index (χ3v) is 5.29. The Morgan fingerprint density at radius 3 is 2.27 bits per heavy atom. The molecule has 1 amide bonds. The van der Waals surface area contributed by atoms with Gasteiger partial charge >= 0.3 is 0 Å². The van der Waals surface area contributed by atoms with Crippen LogP contribution < -0.4 is 15.0 Å². The molecule has 1 saturated heterocycles. The summed E-state index contributed by atoms with van der Waals surface area (Å²) in [5, 5.41) is 2.98. The number of hydrogen-bond donors (Lipinski definition) is 1. The maximum absolute atomic E-state index is 12.3. The highest BCUT2D eigenvalue weighted by Crippen LogP contribution is 2.21. The Hall–Kier alpha value is -2.18. The largest absolute Gasteiger partial charge is 0.497 e. The first kappa shape index (κ1) is 18.6. The second-order valence-electron chi connectivity index (χ2n) is 6.24. The van der Waals surface area contributed by atoms with Crippen molar-refractivity contribution in [3.05, 3.63) is 48.5 Å². The first-order valence-electron chi connectivity index (χ1n) is 8.73. The summed E-state index contributed by atoms with van der Waals surface area (Å²) < 4.78 is 5.21. The van der Waals surface area contributed by atoms with Gasteiger partial charge in [0.15, 0.2) is 0 Å². The number of carbonyl (C=O) groups is 1. The number of piperazine rings is 1. The summed E-state index contributed by atoms with van der Waals surface area (Å²) in [6.07, 6.45) is 2.04. The molecule has 2 aromatic carbocycles. The van der Waals surface area contributed by atoms with E-state index in [-0.39, 0.29) is 5.91 Å². The van der Waals surface area contributed by atoms with Crippen molar-refractivity contribution in [2.45, 2.75) is 4.90 Å². The molecule has 0 atom stereocenters. The molecule has 0 aliphatic carbocycles. The van der Waals surface area contributed by atoms with Gasteiger partial charge in [-0.2, -0.15) is 0 Å². The number of benzene rings is 2. The highest BCUT2D eigenvalue weighted by molar-refractivity contribution is 7.98. The summed E-state index contributed by atoms with van der Waals surface area (Å²) in [5.74, 6) is 0.911. The molecule has 0 aromatic heterocycles. The Labute approximate surface area is 159 Å². The number of carbonyl (C=O) groups excluding carboxylic acids is 1. The highest BCUT2D eigenvalue weighted by atomic mass is 32.2. The molecule has 2 aromatic rings. The first-order chi connectivity index (χ1) is 12.7. The molecule has 0 unspecified atom stereocenters. The predicted molar refractivity (Wildman–Crippen MR) is 108 cm³/mol. The van der Waals surface area contributed by atoms with Gasteiger partial charge in [0.05, 0.1) is 13.7 Å². The third kappa shape index (κ3) is 4.93. The van der Waals surface area contributed by atoms with E-state index in [0.717, 1.165) is 37.6 Å². The smallest absolute Gasteiger partial charge is 0.238 e. The fourth-order valence-electron chi connectivity index (χ4n) is 3.04. The van der Waals surface area contributed by atoms with E-state index in [0.29, 0.717) is 6.54 Å². The van der Waals surface area contributed by atoms with Crippen LogP contribution in [0.3, 0.4) is 0 Å². The van der Waals surface area contributed by atoms with Gasteiger partial charge < -0.3 is 15.0 Å². The van der Waals surface area contributed by atoms with Crippen LogP contribution in [0.1, 0.15) is 0 Å². The molecule has 138 valence electrons. The normalized spacial score (nSPS) is 14.9. The summed E-state index contributed by atoms with van der Waals surface area (Å²) >= 11 is 1.69. The summed E-state index contributed by atoms with van der Waals surface area (Å²) in [5.41, 5.74) is 2.05. The van der Waals surface area contributed by atoms with Crippen molar-refractivity contribution in [2.24, 2.45) is 0 Å². The lowest BCUT2D eigenvalue weighted by molar-refractivity contribution is -0.117. The van der Waals surface area contributed by atoms with Crippen molar-refractivity contribution >= 4 is 29.0 Å². The van der Waals surface area contributed by atoms with Crippen LogP contribution >= 0.6 is 11.8 Å². The van der Waals surface area contributed by atoms with Gasteiger partial charge in [0.25, 0.3) is 0 Å². The SMILES string of the molecule is COc1ccc(N2CCN(CC(=O)Nc3ccc(SC)cc3)CC2)cc1. The van der Waals surface area contributed by atoms with E-state index in [1.165, 1.54) is 10.6 Å². The standard InChI is InChI=1S/C20H25N3O2S/c1-25-18-7-5-17(6-8-18)23-13-11-22(12-14-23)15-20(24)21-16-3-9-19(26-2)10-4-16/h3-10H,11-15H2,1-2H3,(H,21,24). The van der Waals surface area contributed by atoms with E-state index in [1.54, 1.807) is 18.9 Å². The minimum Gasteiger partial charge on any atom is -0.497 e. The zero-order valence-electron chi connectivity index (χ0n) is 15.3. The van der Waals surface area contributed by atoms with Crippen molar-refractivity contribution in [1.82, 2.24) is 4.90 Å². The van der Waals surface area contributed by atoms with Crippen LogP contribution in [0.25, 0.3) is 0 Å². The second kappa shape index (κ2) is 8.96. The maximum atomic E-state index is 12.3. The number of amides is 1. The molecule has 0 radical (unpaired) electrons. The zero-order chi connectivity index (χ0) is 18.4. The number of ether oxygens (including phenoxy) is 1. The van der Waals surface area contributed by atoms with Crippen LogP contribution in [0.2, 0.25) is 0 Å². The molecule has 26 heavy (non-hydrogen) atoms. The fourth-order valence-corrected chi connectivity index (χ4v) is 3.44. The van der Waals surface area contributed by atoms with Crippen molar-refractivity contribution < 1.29 is 9.53 Å². The number of hydrogen-bond acceptors (Lipinski definition) is 5. The topological polar surface area (TPSA) is 44.8 Å². The molecule has 6 heteroatoms. The zero-order valence-corrected chi connectivity index (χ0v) is 16.1. The molecule has 1 fully saturated rings. The molecule has 5 nitrogen and oxygen atoms in total. The molecule has 1 aliphatic rings. The van der Waals surface area contributed by atoms with Crippen LogP contribution in [-0.4, -0.2) is 56.9 Å². The van der Waals surface area contributed by atoms with Crippen molar-refractivity contribution in [1.29, 1.82) is 0 Å². The van der Waals surface area contributed by atoms with Gasteiger partial charge in [-0.05, 0) is 54.8 Å². The van der Waals surface area contributed by atoms with Gasteiger partial charge in [-0.1, -0.05) is 0 Å². The van der Waals surface area contributed by atoms with Crippen molar-refractivity contribution in [3.63, 3.8) is 0 Å². The van der Waals surface area contributed by atoms with Crippen LogP contribution in [0, 0.1) is 0 Å². The number of nitrogens with one attached hydrogen (secondary N) is 1. The highest BCUT2D eigenvalue weighted by Gasteiger charge is 2.19. The number of thioether (sulfide) groups is 1. The lowest BCUT2D eigenvalue weighted by atomic mass is 10.2. The average molecular weight is 372 g/mol. The van der Waals surface area contributed by atoms with Crippen molar-refractivity contribution in [2.75, 3.05) is 56.3 Å². The average Bonchev–Trinajstić information content (AvgIpc) is 2.69. The molecule has 3 rings (SSSR count). The lowest BCUT2D eigenvalue weighted by Gasteiger charge is -2.35. The van der Waals surface area contributed by atoms with E-state index < -0.39 is 0 Å². The van der Waals surface area contributed by atoms with Gasteiger partial charge in [0, 0.05) is 42.4 Å². The van der Waals surface area contributed by atoms with E-state index in [9.17, 15) is 4.79 Å². The summed E-state index contributed by atoms with van der Waals surface area (Å²) in [4.78, 5) is 18.0. The number of nitrogens with zero attached hydrogens (tertiary/aromatic N) is 2. The van der Waals surface area contributed by atoms with Gasteiger partial charge in [0.2, 0.25) is 5.91 Å². The number of anilines is 2. The summed E-state index contributed by atoms with van der Waals surface area (Å²) in [6.45, 7) is 4.03. The Morgan fingerprint density at radius 1 is 1.04 bits per heavy atom. The molecule has 1 aliphatic heterocycles. The van der Waals surface area contributed by atoms with E-state index in [4.69, 9.17) is 4.74 Å². The Morgan fingerprint density at radius 2 is 1.69 bits per heavy atom. The number of methoxy groups -OCH3 is 1. The Bertz CT molecular complexity index is 711. The van der Waals surface area contributed by atoms with Crippen LogP contribution in [0.4, 0.5) is 11.4 Å². The molecular weight excluding hydrogens is 346 g/mol. The Kier molecular flexibility index (Phi) is 6.41. The first-order valence-corrected chi connectivity index (χ1v) is 9.95. The molecule has 1 heterocycles. The van der Waals surface area contributed by atoms with E-state index >= 15 is 0 Å². The van der Waals surface area contributed by atoms with Gasteiger partial charge in [-0.3, -0.25) is 9.69 Å². The quantitative estimate of drug-likeness (QED) is 0.790. The second-order valence-corrected chi connectivity index (χ2v) is 7.12. The summed E-state index contributed by atoms with van der Waals surface area (Å²) in [7, 11) is 1.68. The summed E-state index contributed by atoms with van der Waals surface area (Å²) in [6, 6.07) is 16.1. The molecule has 1 N–H and O–H groups in total. The van der Waals surface area contributed by atoms with E-state index in [1.807, 2.05) is 42.7 Å². The maximum Gasteiger partial charge on any atom is 0.238 e. The molecule has 0 saturated carbocycles. The minimum atomic E-state index is 0.0415. The monoisotopic (exact) mass is 371 g/mol. The minimum absolute atomic E-state index is 0.0415. The fraction of sp³-hybridized carbons (Fsp3) is 0.350. The van der Waals surface area contributed by atoms with Crippen LogP contribution in [-0.2, 0) is 4.79 Å². The molecular formula is C20H25N3O2S. The molecule has 0 bridgehead atoms. The van der Waals surface area contributed by atoms with Gasteiger partial charge in [0.1, 0.15) is 5.75 Å². The van der Waals surface area contributed by atoms with Crippen LogP contribution in [0.5, 0.6) is 5.75 Å². The lowest BCUT2D eigenvalue weighted by Crippen LogP contribution is -2.48. The Balaban J connectivity index is 1.46. The predicted octanol–water partition coefficient (Wildman–Crippen LogP) is 3.18. The van der Waals surface area contributed by atoms with Crippen LogP contribution in [0.15, 0.2) is 53.4 Å². The van der Waals surface area contributed by atoms with Gasteiger partial charge in [-0.25, -0.2) is 0 Å². The molecule has 0 spiro atoms. The van der Waals surface area contributed by atoms with Crippen molar-refractivity contribution in [3.8, 4) is 5.75 Å². The van der Waals surface area contributed by atoms with E-state index in [2.05, 4.69) is 27.2 Å².